The van der Waals surface area contributed by atoms with Crippen molar-refractivity contribution in [2.45, 2.75) is 38.3 Å². The third-order valence-corrected chi connectivity index (χ3v) is 2.86. The van der Waals surface area contributed by atoms with Gasteiger partial charge in [-0.1, -0.05) is 0 Å². The summed E-state index contributed by atoms with van der Waals surface area (Å²) in [4.78, 5) is 8.40. The topological polar surface area (TPSA) is 47.0 Å². The van der Waals surface area contributed by atoms with Crippen LogP contribution in [-0.4, -0.2) is 29.2 Å². The first kappa shape index (κ1) is 10.4. The summed E-state index contributed by atoms with van der Waals surface area (Å²) >= 11 is 0. The number of aromatic nitrogens is 2. The largest absolute Gasteiger partial charge is 0.379 e. The Morgan fingerprint density at radius 2 is 2.33 bits per heavy atom. The first-order valence-electron chi connectivity index (χ1n) is 5.38. The molecule has 1 fully saturated rings. The molecule has 0 bridgehead atoms. The van der Waals surface area contributed by atoms with Crippen LogP contribution in [0.4, 0.5) is 5.82 Å². The van der Waals surface area contributed by atoms with Crippen LogP contribution in [-0.2, 0) is 4.74 Å². The molecule has 2 rings (SSSR count). The minimum Gasteiger partial charge on any atom is -0.379 e. The maximum absolute atomic E-state index is 5.42. The third-order valence-electron chi connectivity index (χ3n) is 2.86. The highest BCUT2D eigenvalue weighted by atomic mass is 16.5. The number of hydrogen-bond donors (Lipinski definition) is 1. The van der Waals surface area contributed by atoms with Crippen LogP contribution in [0.15, 0.2) is 12.3 Å². The summed E-state index contributed by atoms with van der Waals surface area (Å²) in [6, 6.07) is 2.29. The molecule has 15 heavy (non-hydrogen) atoms. The van der Waals surface area contributed by atoms with Crippen molar-refractivity contribution in [1.82, 2.24) is 9.97 Å². The Labute approximate surface area is 90.1 Å². The minimum atomic E-state index is 0.320. The molecular weight excluding hydrogens is 190 g/mol. The Morgan fingerprint density at radius 3 is 3.07 bits per heavy atom. The van der Waals surface area contributed by atoms with Crippen molar-refractivity contribution in [1.29, 1.82) is 0 Å². The molecule has 1 aromatic rings. The lowest BCUT2D eigenvalue weighted by Gasteiger charge is -2.20. The molecule has 0 amide bonds. The van der Waals surface area contributed by atoms with Crippen molar-refractivity contribution in [2.75, 3.05) is 12.4 Å². The van der Waals surface area contributed by atoms with Gasteiger partial charge < -0.3 is 10.1 Å². The van der Waals surface area contributed by atoms with Gasteiger partial charge in [0, 0.05) is 13.3 Å². The van der Waals surface area contributed by atoms with E-state index in [0.717, 1.165) is 24.5 Å². The van der Waals surface area contributed by atoms with E-state index in [9.17, 15) is 0 Å². The Morgan fingerprint density at radius 1 is 1.47 bits per heavy atom. The lowest BCUT2D eigenvalue weighted by atomic mass is 10.2. The molecule has 4 nitrogen and oxygen atoms in total. The molecule has 1 aliphatic rings. The molecule has 0 saturated heterocycles. The number of aryl methyl sites for hydroxylation is 1. The van der Waals surface area contributed by atoms with Crippen molar-refractivity contribution < 1.29 is 4.74 Å². The van der Waals surface area contributed by atoms with E-state index in [4.69, 9.17) is 4.74 Å². The van der Waals surface area contributed by atoms with Gasteiger partial charge in [-0.25, -0.2) is 9.97 Å². The van der Waals surface area contributed by atoms with Crippen LogP contribution < -0.4 is 5.32 Å². The second kappa shape index (κ2) is 4.57. The van der Waals surface area contributed by atoms with Gasteiger partial charge in [0.2, 0.25) is 0 Å². The van der Waals surface area contributed by atoms with Gasteiger partial charge in [0.25, 0.3) is 0 Å². The molecule has 1 saturated carbocycles. The van der Waals surface area contributed by atoms with Gasteiger partial charge in [-0.2, -0.15) is 0 Å². The molecular formula is C11H17N3O. The fourth-order valence-electron chi connectivity index (χ4n) is 2.10. The highest BCUT2D eigenvalue weighted by Crippen LogP contribution is 2.24. The van der Waals surface area contributed by atoms with Gasteiger partial charge in [0.15, 0.2) is 0 Å². The first-order chi connectivity index (χ1) is 7.29. The smallest absolute Gasteiger partial charge is 0.129 e. The number of anilines is 1. The van der Waals surface area contributed by atoms with Crippen LogP contribution in [0, 0.1) is 6.92 Å². The van der Waals surface area contributed by atoms with Crippen LogP contribution in [0.2, 0.25) is 0 Å². The highest BCUT2D eigenvalue weighted by Gasteiger charge is 2.27. The standard InChI is InChI=1S/C11H17N3O/c1-8-12-7-6-11(13-8)14-9-4-3-5-10(9)15-2/h6-7,9-10H,3-5H2,1-2H3,(H,12,13,14). The predicted octanol–water partition coefficient (Wildman–Crippen LogP) is 1.76. The second-order valence-electron chi connectivity index (χ2n) is 3.94. The van der Waals surface area contributed by atoms with Crippen molar-refractivity contribution >= 4 is 5.82 Å². The highest BCUT2D eigenvalue weighted by molar-refractivity contribution is 5.34. The Hall–Kier alpha value is -1.16. The van der Waals surface area contributed by atoms with Gasteiger partial charge in [-0.05, 0) is 32.3 Å². The summed E-state index contributed by atoms with van der Waals surface area (Å²) in [5.74, 6) is 1.70. The molecule has 1 heterocycles. The Balaban J connectivity index is 2.02. The van der Waals surface area contributed by atoms with Crippen LogP contribution in [0.5, 0.6) is 0 Å². The summed E-state index contributed by atoms with van der Waals surface area (Å²) < 4.78 is 5.42. The van der Waals surface area contributed by atoms with Gasteiger partial charge in [-0.15, -0.1) is 0 Å². The SMILES string of the molecule is COC1CCCC1Nc1ccnc(C)n1. The first-order valence-corrected chi connectivity index (χ1v) is 5.38. The Bertz CT molecular complexity index is 329. The quantitative estimate of drug-likeness (QED) is 0.820. The van der Waals surface area contributed by atoms with E-state index in [0.29, 0.717) is 12.1 Å². The minimum absolute atomic E-state index is 0.320. The van der Waals surface area contributed by atoms with E-state index in [2.05, 4.69) is 15.3 Å². The lowest BCUT2D eigenvalue weighted by molar-refractivity contribution is 0.101. The fraction of sp³-hybridized carbons (Fsp3) is 0.636. The maximum atomic E-state index is 5.42. The van der Waals surface area contributed by atoms with E-state index in [1.807, 2.05) is 13.0 Å². The lowest BCUT2D eigenvalue weighted by Crippen LogP contribution is -2.30. The van der Waals surface area contributed by atoms with E-state index in [1.54, 1.807) is 13.3 Å². The molecule has 2 atom stereocenters. The summed E-state index contributed by atoms with van der Waals surface area (Å²) in [7, 11) is 1.77. The number of methoxy groups -OCH3 is 1. The number of nitrogens with one attached hydrogen (secondary N) is 1. The van der Waals surface area contributed by atoms with Crippen LogP contribution in [0.25, 0.3) is 0 Å². The summed E-state index contributed by atoms with van der Waals surface area (Å²) in [6.45, 7) is 1.90. The zero-order valence-electron chi connectivity index (χ0n) is 9.23. The average Bonchev–Trinajstić information content (AvgIpc) is 2.65. The van der Waals surface area contributed by atoms with Gasteiger partial charge >= 0.3 is 0 Å². The van der Waals surface area contributed by atoms with Crippen molar-refractivity contribution in [2.24, 2.45) is 0 Å². The van der Waals surface area contributed by atoms with Crippen LogP contribution in [0.3, 0.4) is 0 Å². The van der Waals surface area contributed by atoms with E-state index in [-0.39, 0.29) is 0 Å². The third kappa shape index (κ3) is 2.45. The number of ether oxygens (including phenoxy) is 1. The summed E-state index contributed by atoms with van der Waals surface area (Å²) in [6.07, 6.45) is 5.61. The molecule has 0 spiro atoms. The Kier molecular flexibility index (Phi) is 3.16. The summed E-state index contributed by atoms with van der Waals surface area (Å²) in [5, 5.41) is 3.41. The van der Waals surface area contributed by atoms with Crippen molar-refractivity contribution in [3.05, 3.63) is 18.1 Å². The van der Waals surface area contributed by atoms with E-state index in [1.165, 1.54) is 6.42 Å². The zero-order valence-corrected chi connectivity index (χ0v) is 9.23. The van der Waals surface area contributed by atoms with Gasteiger partial charge in [0.05, 0.1) is 12.1 Å². The molecule has 0 aliphatic heterocycles. The molecule has 0 radical (unpaired) electrons. The van der Waals surface area contributed by atoms with Crippen LogP contribution in [0.1, 0.15) is 25.1 Å². The van der Waals surface area contributed by atoms with Gasteiger partial charge in [0.1, 0.15) is 11.6 Å². The predicted molar refractivity (Wildman–Crippen MR) is 58.8 cm³/mol. The number of nitrogens with zero attached hydrogens (tertiary/aromatic N) is 2. The normalized spacial score (nSPS) is 25.5. The molecule has 1 aliphatic carbocycles. The molecule has 0 aromatic carbocycles. The summed E-state index contributed by atoms with van der Waals surface area (Å²) in [5.41, 5.74) is 0. The molecule has 82 valence electrons. The fourth-order valence-corrected chi connectivity index (χ4v) is 2.10. The van der Waals surface area contributed by atoms with Crippen molar-refractivity contribution in [3.8, 4) is 0 Å². The van der Waals surface area contributed by atoms with Crippen molar-refractivity contribution in [3.63, 3.8) is 0 Å². The zero-order chi connectivity index (χ0) is 10.7. The maximum Gasteiger partial charge on any atom is 0.129 e. The van der Waals surface area contributed by atoms with Gasteiger partial charge in [-0.3, -0.25) is 0 Å². The van der Waals surface area contributed by atoms with E-state index >= 15 is 0 Å². The van der Waals surface area contributed by atoms with Crippen LogP contribution >= 0.6 is 0 Å². The number of rotatable bonds is 3. The molecule has 1 aromatic heterocycles. The average molecular weight is 207 g/mol. The molecule has 1 N–H and O–H groups in total. The monoisotopic (exact) mass is 207 g/mol. The van der Waals surface area contributed by atoms with E-state index < -0.39 is 0 Å². The second-order valence-corrected chi connectivity index (χ2v) is 3.94. The number of hydrogen-bond acceptors (Lipinski definition) is 4. The molecule has 2 unspecified atom stereocenters. The molecule has 4 heteroatoms.